The molecule has 8 heteroatoms. The molecule has 0 radical (unpaired) electrons. The van der Waals surface area contributed by atoms with Gasteiger partial charge in [0.25, 0.3) is 0 Å². The maximum Gasteiger partial charge on any atom is 0.242 e. The van der Waals surface area contributed by atoms with Crippen LogP contribution in [0.5, 0.6) is 0 Å². The Kier molecular flexibility index (Phi) is 7.36. The summed E-state index contributed by atoms with van der Waals surface area (Å²) in [5, 5.41) is 6.27. The second kappa shape index (κ2) is 9.75. The zero-order valence-electron chi connectivity index (χ0n) is 14.1. The number of sulfonamides is 1. The lowest BCUT2D eigenvalue weighted by atomic mass is 10.1. The van der Waals surface area contributed by atoms with Crippen molar-refractivity contribution in [3.63, 3.8) is 0 Å². The molecule has 0 saturated heterocycles. The van der Waals surface area contributed by atoms with Gasteiger partial charge in [-0.3, -0.25) is 9.98 Å². The second-order valence-electron chi connectivity index (χ2n) is 5.25. The van der Waals surface area contributed by atoms with E-state index in [0.29, 0.717) is 12.5 Å². The summed E-state index contributed by atoms with van der Waals surface area (Å²) in [7, 11) is -1.85. The Morgan fingerprint density at radius 2 is 1.80 bits per heavy atom. The largest absolute Gasteiger partial charge is 0.356 e. The third kappa shape index (κ3) is 6.52. The minimum atomic E-state index is -3.53. The molecular formula is C17H23N5O2S. The number of nitrogens with one attached hydrogen (secondary N) is 3. The Balaban J connectivity index is 1.69. The zero-order valence-corrected chi connectivity index (χ0v) is 15.0. The standard InChI is InChI=1S/C17H23N5O2S/c1-18-17(20-11-9-15-6-3-2-4-7-15)21-12-13-22-25(23,24)16-8-5-10-19-14-16/h2-8,10,14,22H,9,11-13H2,1H3,(H2,18,20,21). The molecule has 3 N–H and O–H groups in total. The molecule has 0 atom stereocenters. The van der Waals surface area contributed by atoms with Gasteiger partial charge >= 0.3 is 0 Å². The monoisotopic (exact) mass is 361 g/mol. The fourth-order valence-electron chi connectivity index (χ4n) is 2.15. The summed E-state index contributed by atoms with van der Waals surface area (Å²) in [5.74, 6) is 0.636. The second-order valence-corrected chi connectivity index (χ2v) is 7.01. The summed E-state index contributed by atoms with van der Waals surface area (Å²) in [6.45, 7) is 1.41. The molecule has 2 rings (SSSR count). The molecule has 0 aliphatic rings. The van der Waals surface area contributed by atoms with Crippen LogP contribution in [0.25, 0.3) is 0 Å². The van der Waals surface area contributed by atoms with Crippen LogP contribution < -0.4 is 15.4 Å². The molecule has 25 heavy (non-hydrogen) atoms. The molecule has 0 bridgehead atoms. The van der Waals surface area contributed by atoms with Crippen molar-refractivity contribution in [2.24, 2.45) is 4.99 Å². The molecule has 0 aliphatic heterocycles. The van der Waals surface area contributed by atoms with E-state index in [0.717, 1.165) is 13.0 Å². The molecular weight excluding hydrogens is 338 g/mol. The average Bonchev–Trinajstić information content (AvgIpc) is 2.65. The molecule has 0 fully saturated rings. The van der Waals surface area contributed by atoms with Gasteiger partial charge in [0, 0.05) is 39.1 Å². The molecule has 1 heterocycles. The molecule has 2 aromatic rings. The highest BCUT2D eigenvalue weighted by atomic mass is 32.2. The van der Waals surface area contributed by atoms with Crippen LogP contribution in [-0.4, -0.2) is 46.0 Å². The fraction of sp³-hybridized carbons (Fsp3) is 0.294. The number of aromatic nitrogens is 1. The summed E-state index contributed by atoms with van der Waals surface area (Å²) in [5.41, 5.74) is 1.25. The van der Waals surface area contributed by atoms with E-state index in [1.807, 2.05) is 18.2 Å². The van der Waals surface area contributed by atoms with Gasteiger partial charge in [0.05, 0.1) is 0 Å². The van der Waals surface area contributed by atoms with E-state index in [4.69, 9.17) is 0 Å². The summed E-state index contributed by atoms with van der Waals surface area (Å²) in [6, 6.07) is 13.3. The topological polar surface area (TPSA) is 95.5 Å². The van der Waals surface area contributed by atoms with E-state index in [2.05, 4.69) is 37.5 Å². The highest BCUT2D eigenvalue weighted by molar-refractivity contribution is 7.89. The van der Waals surface area contributed by atoms with E-state index in [-0.39, 0.29) is 11.4 Å². The van der Waals surface area contributed by atoms with Crippen LogP contribution >= 0.6 is 0 Å². The predicted molar refractivity (Wildman–Crippen MR) is 98.9 cm³/mol. The van der Waals surface area contributed by atoms with Gasteiger partial charge < -0.3 is 10.6 Å². The van der Waals surface area contributed by atoms with Crippen LogP contribution in [0, 0.1) is 0 Å². The van der Waals surface area contributed by atoms with Gasteiger partial charge in [-0.25, -0.2) is 13.1 Å². The molecule has 0 unspecified atom stereocenters. The van der Waals surface area contributed by atoms with Crippen molar-refractivity contribution >= 4 is 16.0 Å². The van der Waals surface area contributed by atoms with Gasteiger partial charge in [-0.15, -0.1) is 0 Å². The smallest absolute Gasteiger partial charge is 0.242 e. The molecule has 0 saturated carbocycles. The summed E-state index contributed by atoms with van der Waals surface area (Å²) in [4.78, 5) is 8.09. The first-order valence-corrected chi connectivity index (χ1v) is 9.48. The maximum atomic E-state index is 12.1. The minimum Gasteiger partial charge on any atom is -0.356 e. The molecule has 0 aliphatic carbocycles. The number of rotatable bonds is 8. The lowest BCUT2D eigenvalue weighted by Crippen LogP contribution is -2.42. The highest BCUT2D eigenvalue weighted by Gasteiger charge is 2.12. The van der Waals surface area contributed by atoms with Crippen LogP contribution in [0.4, 0.5) is 0 Å². The van der Waals surface area contributed by atoms with Gasteiger partial charge in [0.15, 0.2) is 5.96 Å². The normalized spacial score (nSPS) is 12.0. The van der Waals surface area contributed by atoms with Gasteiger partial charge in [-0.2, -0.15) is 0 Å². The minimum absolute atomic E-state index is 0.153. The van der Waals surface area contributed by atoms with Crippen LogP contribution in [-0.2, 0) is 16.4 Å². The van der Waals surface area contributed by atoms with E-state index in [9.17, 15) is 8.42 Å². The van der Waals surface area contributed by atoms with Gasteiger partial charge in [-0.1, -0.05) is 30.3 Å². The van der Waals surface area contributed by atoms with Crippen molar-refractivity contribution in [2.45, 2.75) is 11.3 Å². The van der Waals surface area contributed by atoms with E-state index in [1.165, 1.54) is 24.0 Å². The number of hydrogen-bond acceptors (Lipinski definition) is 4. The van der Waals surface area contributed by atoms with Crippen LogP contribution in [0.15, 0.2) is 64.7 Å². The molecule has 1 aromatic heterocycles. The third-order valence-electron chi connectivity index (χ3n) is 3.43. The number of aliphatic imine (C=N–C) groups is 1. The van der Waals surface area contributed by atoms with Crippen molar-refractivity contribution in [1.82, 2.24) is 20.3 Å². The molecule has 0 spiro atoms. The van der Waals surface area contributed by atoms with Crippen molar-refractivity contribution in [1.29, 1.82) is 0 Å². The first kappa shape index (κ1) is 18.9. The Hall–Kier alpha value is -2.45. The first-order valence-electron chi connectivity index (χ1n) is 8.00. The van der Waals surface area contributed by atoms with E-state index < -0.39 is 10.0 Å². The number of hydrogen-bond donors (Lipinski definition) is 3. The number of benzene rings is 1. The predicted octanol–water partition coefficient (Wildman–Crippen LogP) is 0.768. The van der Waals surface area contributed by atoms with Crippen molar-refractivity contribution in [3.05, 3.63) is 60.4 Å². The Bertz CT molecular complexity index is 764. The number of pyridine rings is 1. The number of guanidine groups is 1. The summed E-state index contributed by atoms with van der Waals surface area (Å²) in [6.07, 6.45) is 3.74. The summed E-state index contributed by atoms with van der Waals surface area (Å²) < 4.78 is 26.6. The summed E-state index contributed by atoms with van der Waals surface area (Å²) >= 11 is 0. The number of nitrogens with zero attached hydrogens (tertiary/aromatic N) is 2. The van der Waals surface area contributed by atoms with Crippen molar-refractivity contribution < 1.29 is 8.42 Å². The SMILES string of the molecule is CN=C(NCCNS(=O)(=O)c1cccnc1)NCCc1ccccc1. The Morgan fingerprint density at radius 1 is 1.04 bits per heavy atom. The van der Waals surface area contributed by atoms with E-state index >= 15 is 0 Å². The first-order chi connectivity index (χ1) is 12.1. The highest BCUT2D eigenvalue weighted by Crippen LogP contribution is 2.04. The Morgan fingerprint density at radius 3 is 2.48 bits per heavy atom. The van der Waals surface area contributed by atoms with Gasteiger partial charge in [-0.05, 0) is 24.1 Å². The Labute approximate surface area is 148 Å². The van der Waals surface area contributed by atoms with Crippen LogP contribution in [0.2, 0.25) is 0 Å². The fourth-order valence-corrected chi connectivity index (χ4v) is 3.14. The van der Waals surface area contributed by atoms with Crippen molar-refractivity contribution in [2.75, 3.05) is 26.7 Å². The average molecular weight is 361 g/mol. The molecule has 134 valence electrons. The van der Waals surface area contributed by atoms with E-state index in [1.54, 1.807) is 13.1 Å². The molecule has 7 nitrogen and oxygen atoms in total. The molecule has 0 amide bonds. The lowest BCUT2D eigenvalue weighted by molar-refractivity contribution is 0.580. The maximum absolute atomic E-state index is 12.1. The van der Waals surface area contributed by atoms with Gasteiger partial charge in [0.2, 0.25) is 10.0 Å². The van der Waals surface area contributed by atoms with Crippen LogP contribution in [0.3, 0.4) is 0 Å². The van der Waals surface area contributed by atoms with Gasteiger partial charge in [0.1, 0.15) is 4.90 Å². The van der Waals surface area contributed by atoms with Crippen LogP contribution in [0.1, 0.15) is 5.56 Å². The third-order valence-corrected chi connectivity index (χ3v) is 4.87. The quantitative estimate of drug-likeness (QED) is 0.367. The lowest BCUT2D eigenvalue weighted by Gasteiger charge is -2.12. The zero-order chi connectivity index (χ0) is 18.0. The molecule has 1 aromatic carbocycles. The van der Waals surface area contributed by atoms with Crippen molar-refractivity contribution in [3.8, 4) is 0 Å².